The Kier molecular flexibility index (Phi) is 5.21. The second kappa shape index (κ2) is 6.91. The van der Waals surface area contributed by atoms with E-state index in [9.17, 15) is 5.11 Å². The molecule has 3 nitrogen and oxygen atoms in total. The lowest BCUT2D eigenvalue weighted by atomic mass is 9.92. The highest BCUT2D eigenvalue weighted by molar-refractivity contribution is 6.30. The van der Waals surface area contributed by atoms with Gasteiger partial charge < -0.3 is 9.84 Å². The molecule has 0 aromatic heterocycles. The van der Waals surface area contributed by atoms with E-state index >= 15 is 0 Å². The highest BCUT2D eigenvalue weighted by Crippen LogP contribution is 2.38. The molecule has 1 fully saturated rings. The molecule has 108 valence electrons. The molecule has 1 aliphatic rings. The molecule has 2 atom stereocenters. The Balaban J connectivity index is 2.20. The Morgan fingerprint density at radius 2 is 2.15 bits per heavy atom. The Morgan fingerprint density at radius 3 is 2.75 bits per heavy atom. The van der Waals surface area contributed by atoms with Crippen molar-refractivity contribution in [3.63, 3.8) is 0 Å². The molecule has 0 radical (unpaired) electrons. The lowest BCUT2D eigenvalue weighted by Gasteiger charge is -2.18. The Bertz CT molecular complexity index is 508. The van der Waals surface area contributed by atoms with Crippen LogP contribution in [-0.2, 0) is 4.74 Å². The van der Waals surface area contributed by atoms with Crippen molar-refractivity contribution in [2.75, 3.05) is 13.2 Å². The second-order valence-corrected chi connectivity index (χ2v) is 5.46. The summed E-state index contributed by atoms with van der Waals surface area (Å²) in [6, 6.07) is 7.66. The van der Waals surface area contributed by atoms with Gasteiger partial charge in [0, 0.05) is 23.2 Å². The summed E-state index contributed by atoms with van der Waals surface area (Å²) in [5.41, 5.74) is 3.09. The van der Waals surface area contributed by atoms with Crippen molar-refractivity contribution in [3.8, 4) is 0 Å². The maximum Gasteiger partial charge on any atom is 0.0914 e. The minimum atomic E-state index is -0.0703. The molecule has 1 aromatic rings. The highest BCUT2D eigenvalue weighted by Gasteiger charge is 2.33. The van der Waals surface area contributed by atoms with Crippen LogP contribution in [0.2, 0.25) is 5.02 Å². The van der Waals surface area contributed by atoms with E-state index in [2.05, 4.69) is 11.9 Å². The van der Waals surface area contributed by atoms with Gasteiger partial charge in [-0.15, -0.1) is 0 Å². The Hall–Kier alpha value is -1.32. The number of ether oxygens (including phenoxy) is 1. The minimum absolute atomic E-state index is 0.0703. The van der Waals surface area contributed by atoms with Gasteiger partial charge in [0.2, 0.25) is 0 Å². The molecular weight excluding hydrogens is 274 g/mol. The van der Waals surface area contributed by atoms with Crippen molar-refractivity contribution < 1.29 is 9.84 Å². The monoisotopic (exact) mass is 293 g/mol. The number of benzene rings is 1. The molecule has 2 rings (SSSR count). The largest absolute Gasteiger partial charge is 0.516 e. The SMILES string of the molecule is CCC(C)=NCC1/C(=C/O)COC1c1ccc(Cl)cc1. The molecule has 2 unspecified atom stereocenters. The average molecular weight is 294 g/mol. The molecular formula is C16H20ClNO2. The van der Waals surface area contributed by atoms with E-state index in [1.807, 2.05) is 31.2 Å². The smallest absolute Gasteiger partial charge is 0.0914 e. The maximum atomic E-state index is 9.36. The van der Waals surface area contributed by atoms with E-state index in [0.717, 1.165) is 29.5 Å². The fraction of sp³-hybridized carbons (Fsp3) is 0.438. The summed E-state index contributed by atoms with van der Waals surface area (Å²) >= 11 is 5.92. The van der Waals surface area contributed by atoms with Crippen LogP contribution >= 0.6 is 11.6 Å². The second-order valence-electron chi connectivity index (χ2n) is 5.02. The molecule has 1 aromatic carbocycles. The van der Waals surface area contributed by atoms with Crippen LogP contribution in [0.5, 0.6) is 0 Å². The van der Waals surface area contributed by atoms with Crippen molar-refractivity contribution in [1.29, 1.82) is 0 Å². The number of aliphatic hydroxyl groups is 1. The quantitative estimate of drug-likeness (QED) is 0.663. The van der Waals surface area contributed by atoms with Crippen molar-refractivity contribution in [3.05, 3.63) is 46.7 Å². The van der Waals surface area contributed by atoms with Gasteiger partial charge in [-0.3, -0.25) is 4.99 Å². The van der Waals surface area contributed by atoms with Crippen LogP contribution in [-0.4, -0.2) is 24.0 Å². The fourth-order valence-electron chi connectivity index (χ4n) is 2.30. The van der Waals surface area contributed by atoms with Crippen molar-refractivity contribution >= 4 is 17.3 Å². The topological polar surface area (TPSA) is 41.8 Å². The third kappa shape index (κ3) is 3.41. The van der Waals surface area contributed by atoms with Crippen LogP contribution in [0, 0.1) is 5.92 Å². The minimum Gasteiger partial charge on any atom is -0.516 e. The summed E-state index contributed by atoms with van der Waals surface area (Å²) in [6.45, 7) is 5.20. The third-order valence-electron chi connectivity index (χ3n) is 3.71. The first-order chi connectivity index (χ1) is 9.65. The zero-order chi connectivity index (χ0) is 14.5. The number of hydrogen-bond acceptors (Lipinski definition) is 3. The van der Waals surface area contributed by atoms with Crippen LogP contribution in [0.25, 0.3) is 0 Å². The maximum absolute atomic E-state index is 9.36. The lowest BCUT2D eigenvalue weighted by Crippen LogP contribution is -2.13. The molecule has 0 spiro atoms. The van der Waals surface area contributed by atoms with E-state index in [0.29, 0.717) is 18.2 Å². The molecule has 0 bridgehead atoms. The number of nitrogens with zero attached hydrogens (tertiary/aromatic N) is 1. The summed E-state index contributed by atoms with van der Waals surface area (Å²) in [4.78, 5) is 4.57. The zero-order valence-corrected chi connectivity index (χ0v) is 12.6. The lowest BCUT2D eigenvalue weighted by molar-refractivity contribution is 0.0930. The van der Waals surface area contributed by atoms with Crippen molar-refractivity contribution in [2.24, 2.45) is 10.9 Å². The molecule has 4 heteroatoms. The number of hydrogen-bond donors (Lipinski definition) is 1. The van der Waals surface area contributed by atoms with E-state index in [-0.39, 0.29) is 12.0 Å². The van der Waals surface area contributed by atoms with Gasteiger partial charge in [0.05, 0.1) is 19.0 Å². The van der Waals surface area contributed by atoms with Crippen molar-refractivity contribution in [1.82, 2.24) is 0 Å². The Morgan fingerprint density at radius 1 is 1.45 bits per heavy atom. The van der Waals surface area contributed by atoms with E-state index in [1.54, 1.807) is 0 Å². The fourth-order valence-corrected chi connectivity index (χ4v) is 2.42. The molecule has 0 amide bonds. The number of aliphatic hydroxyl groups excluding tert-OH is 1. The average Bonchev–Trinajstić information content (AvgIpc) is 2.88. The summed E-state index contributed by atoms with van der Waals surface area (Å²) in [5.74, 6) is 0.0858. The Labute approximate surface area is 124 Å². The van der Waals surface area contributed by atoms with Gasteiger partial charge in [0.1, 0.15) is 0 Å². The summed E-state index contributed by atoms with van der Waals surface area (Å²) < 4.78 is 5.82. The van der Waals surface area contributed by atoms with Gasteiger partial charge in [-0.2, -0.15) is 0 Å². The summed E-state index contributed by atoms with van der Waals surface area (Å²) in [6.07, 6.45) is 2.04. The van der Waals surface area contributed by atoms with Crippen LogP contribution in [0.3, 0.4) is 0 Å². The van der Waals surface area contributed by atoms with Crippen LogP contribution < -0.4 is 0 Å². The van der Waals surface area contributed by atoms with Gasteiger partial charge >= 0.3 is 0 Å². The number of aliphatic imine (C=N–C) groups is 1. The first-order valence-electron chi connectivity index (χ1n) is 6.85. The van der Waals surface area contributed by atoms with E-state index in [4.69, 9.17) is 16.3 Å². The molecule has 1 saturated heterocycles. The predicted octanol–water partition coefficient (Wildman–Crippen LogP) is 4.34. The standard InChI is InChI=1S/C16H20ClNO2/c1-3-11(2)18-8-15-13(9-19)10-20-16(15)12-4-6-14(17)7-5-12/h4-7,9,15-16,19H,3,8,10H2,1-2H3/b13-9+,18-11?. The first-order valence-corrected chi connectivity index (χ1v) is 7.23. The molecule has 1 aliphatic heterocycles. The highest BCUT2D eigenvalue weighted by atomic mass is 35.5. The van der Waals surface area contributed by atoms with Crippen LogP contribution in [0.15, 0.2) is 41.1 Å². The molecule has 0 saturated carbocycles. The van der Waals surface area contributed by atoms with Crippen LogP contribution in [0.1, 0.15) is 31.9 Å². The van der Waals surface area contributed by atoms with E-state index < -0.39 is 0 Å². The normalized spacial score (nSPS) is 25.4. The van der Waals surface area contributed by atoms with Gasteiger partial charge in [0.25, 0.3) is 0 Å². The van der Waals surface area contributed by atoms with Gasteiger partial charge in [-0.25, -0.2) is 0 Å². The third-order valence-corrected chi connectivity index (χ3v) is 3.96. The summed E-state index contributed by atoms with van der Waals surface area (Å²) in [7, 11) is 0. The number of halogens is 1. The zero-order valence-electron chi connectivity index (χ0n) is 11.8. The molecule has 1 N–H and O–H groups in total. The van der Waals surface area contributed by atoms with Gasteiger partial charge in [0.15, 0.2) is 0 Å². The summed E-state index contributed by atoms with van der Waals surface area (Å²) in [5, 5.41) is 10.1. The molecule has 1 heterocycles. The van der Waals surface area contributed by atoms with Crippen LogP contribution in [0.4, 0.5) is 0 Å². The predicted molar refractivity (Wildman–Crippen MR) is 82.6 cm³/mol. The van der Waals surface area contributed by atoms with E-state index in [1.165, 1.54) is 0 Å². The van der Waals surface area contributed by atoms with Gasteiger partial charge in [-0.1, -0.05) is 30.7 Å². The van der Waals surface area contributed by atoms with Crippen molar-refractivity contribution in [2.45, 2.75) is 26.4 Å². The number of rotatable bonds is 4. The first kappa shape index (κ1) is 15.1. The molecule has 0 aliphatic carbocycles. The molecule has 20 heavy (non-hydrogen) atoms. The van der Waals surface area contributed by atoms with Gasteiger partial charge in [-0.05, 0) is 36.6 Å².